The summed E-state index contributed by atoms with van der Waals surface area (Å²) in [7, 11) is 0. The van der Waals surface area contributed by atoms with Gasteiger partial charge in [-0.1, -0.05) is 13.0 Å². The fourth-order valence-corrected chi connectivity index (χ4v) is 2.78. The van der Waals surface area contributed by atoms with Gasteiger partial charge in [-0.3, -0.25) is 4.79 Å². The van der Waals surface area contributed by atoms with Gasteiger partial charge in [0.15, 0.2) is 0 Å². The zero-order valence-electron chi connectivity index (χ0n) is 8.84. The van der Waals surface area contributed by atoms with Crippen molar-refractivity contribution in [2.24, 2.45) is 0 Å². The molecule has 5 heteroatoms. The van der Waals surface area contributed by atoms with Gasteiger partial charge in [0.05, 0.1) is 10.9 Å². The van der Waals surface area contributed by atoms with Gasteiger partial charge in [-0.25, -0.2) is 4.98 Å². The molecule has 2 aromatic heterocycles. The van der Waals surface area contributed by atoms with Crippen LogP contribution in [0.5, 0.6) is 0 Å². The molecule has 0 aliphatic rings. The highest BCUT2D eigenvalue weighted by Gasteiger charge is 2.16. The van der Waals surface area contributed by atoms with Crippen LogP contribution in [0.2, 0.25) is 0 Å². The molecule has 1 amide bonds. The number of nitrogens with zero attached hydrogens (tertiary/aromatic N) is 1. The fraction of sp³-hybridized carbons (Fsp3) is 0.273. The van der Waals surface area contributed by atoms with Crippen LogP contribution in [0.1, 0.15) is 34.1 Å². The van der Waals surface area contributed by atoms with Gasteiger partial charge in [-0.05, 0) is 17.9 Å². The number of amides is 1. The van der Waals surface area contributed by atoms with Crippen LogP contribution in [0.15, 0.2) is 29.1 Å². The molecule has 16 heavy (non-hydrogen) atoms. The van der Waals surface area contributed by atoms with Gasteiger partial charge in [-0.15, -0.1) is 22.7 Å². The van der Waals surface area contributed by atoms with Gasteiger partial charge in [0.25, 0.3) is 5.91 Å². The highest BCUT2D eigenvalue weighted by atomic mass is 32.1. The lowest BCUT2D eigenvalue weighted by molar-refractivity contribution is 0.0939. The third-order valence-electron chi connectivity index (χ3n) is 2.21. The van der Waals surface area contributed by atoms with E-state index in [9.17, 15) is 4.79 Å². The quantitative estimate of drug-likeness (QED) is 0.908. The molecule has 3 nitrogen and oxygen atoms in total. The first kappa shape index (κ1) is 11.3. The van der Waals surface area contributed by atoms with Crippen molar-refractivity contribution in [3.05, 3.63) is 39.0 Å². The average Bonchev–Trinajstić information content (AvgIpc) is 2.96. The summed E-state index contributed by atoms with van der Waals surface area (Å²) in [5, 5.41) is 7.78. The maximum Gasteiger partial charge on any atom is 0.261 e. The summed E-state index contributed by atoms with van der Waals surface area (Å²) < 4.78 is 0. The standard InChI is InChI=1S/C11H12N2OS2/c1-2-8(11-12-5-7-16-11)13-10(14)9-4-3-6-15-9/h3-8H,2H2,1H3,(H,13,14). The van der Waals surface area contributed by atoms with Crippen LogP contribution in [0.4, 0.5) is 0 Å². The Morgan fingerprint density at radius 3 is 2.94 bits per heavy atom. The first-order valence-electron chi connectivity index (χ1n) is 5.05. The van der Waals surface area contributed by atoms with Crippen LogP contribution in [-0.4, -0.2) is 10.9 Å². The van der Waals surface area contributed by atoms with Crippen molar-refractivity contribution in [3.63, 3.8) is 0 Å². The maximum atomic E-state index is 11.8. The highest BCUT2D eigenvalue weighted by molar-refractivity contribution is 7.12. The summed E-state index contributed by atoms with van der Waals surface area (Å²) in [5.74, 6) is -0.0166. The number of thiophene rings is 1. The maximum absolute atomic E-state index is 11.8. The Hall–Kier alpha value is -1.20. The van der Waals surface area contributed by atoms with Crippen molar-refractivity contribution >= 4 is 28.6 Å². The van der Waals surface area contributed by atoms with Crippen molar-refractivity contribution in [3.8, 4) is 0 Å². The van der Waals surface area contributed by atoms with E-state index in [1.165, 1.54) is 11.3 Å². The fourth-order valence-electron chi connectivity index (χ4n) is 1.38. The zero-order valence-corrected chi connectivity index (χ0v) is 10.5. The van der Waals surface area contributed by atoms with Gasteiger partial charge in [0.1, 0.15) is 5.01 Å². The predicted octanol–water partition coefficient (Wildman–Crippen LogP) is 3.09. The van der Waals surface area contributed by atoms with Crippen molar-refractivity contribution in [2.45, 2.75) is 19.4 Å². The average molecular weight is 252 g/mol. The molecule has 0 aliphatic heterocycles. The summed E-state index contributed by atoms with van der Waals surface area (Å²) in [6.45, 7) is 2.04. The van der Waals surface area contributed by atoms with Gasteiger partial charge < -0.3 is 5.32 Å². The number of hydrogen-bond acceptors (Lipinski definition) is 4. The van der Waals surface area contributed by atoms with Crippen LogP contribution >= 0.6 is 22.7 Å². The lowest BCUT2D eigenvalue weighted by Gasteiger charge is -2.13. The summed E-state index contributed by atoms with van der Waals surface area (Å²) in [5.41, 5.74) is 0. The molecule has 0 fully saturated rings. The van der Waals surface area contributed by atoms with E-state index in [1.54, 1.807) is 17.5 Å². The number of rotatable bonds is 4. The molecule has 1 unspecified atom stereocenters. The Kier molecular flexibility index (Phi) is 3.69. The predicted molar refractivity (Wildman–Crippen MR) is 66.9 cm³/mol. The monoisotopic (exact) mass is 252 g/mol. The molecule has 0 saturated carbocycles. The normalized spacial score (nSPS) is 12.3. The Morgan fingerprint density at radius 2 is 2.38 bits per heavy atom. The number of nitrogens with one attached hydrogen (secondary N) is 1. The Bertz CT molecular complexity index is 437. The van der Waals surface area contributed by atoms with Crippen molar-refractivity contribution < 1.29 is 4.79 Å². The summed E-state index contributed by atoms with van der Waals surface area (Å²) in [4.78, 5) is 16.8. The van der Waals surface area contributed by atoms with Gasteiger partial charge in [-0.2, -0.15) is 0 Å². The summed E-state index contributed by atoms with van der Waals surface area (Å²) >= 11 is 3.02. The molecule has 1 atom stereocenters. The molecular formula is C11H12N2OS2. The van der Waals surface area contributed by atoms with Crippen LogP contribution in [0, 0.1) is 0 Å². The smallest absolute Gasteiger partial charge is 0.261 e. The van der Waals surface area contributed by atoms with Gasteiger partial charge in [0, 0.05) is 11.6 Å². The van der Waals surface area contributed by atoms with Crippen LogP contribution in [0.25, 0.3) is 0 Å². The molecule has 0 spiro atoms. The molecule has 0 bridgehead atoms. The first-order valence-corrected chi connectivity index (χ1v) is 6.81. The summed E-state index contributed by atoms with van der Waals surface area (Å²) in [6, 6.07) is 3.73. The van der Waals surface area contributed by atoms with E-state index in [0.717, 1.165) is 16.3 Å². The van der Waals surface area contributed by atoms with Crippen LogP contribution in [0.3, 0.4) is 0 Å². The van der Waals surface area contributed by atoms with Gasteiger partial charge in [0.2, 0.25) is 0 Å². The zero-order chi connectivity index (χ0) is 11.4. The summed E-state index contributed by atoms with van der Waals surface area (Å²) in [6.07, 6.45) is 2.62. The second-order valence-corrected chi connectivity index (χ2v) is 5.16. The molecule has 84 valence electrons. The number of hydrogen-bond donors (Lipinski definition) is 1. The number of thiazole rings is 1. The minimum Gasteiger partial charge on any atom is -0.342 e. The number of carbonyl (C=O) groups excluding carboxylic acids is 1. The molecule has 0 aromatic carbocycles. The van der Waals surface area contributed by atoms with E-state index in [4.69, 9.17) is 0 Å². The molecular weight excluding hydrogens is 240 g/mol. The third-order valence-corrected chi connectivity index (χ3v) is 3.97. The van der Waals surface area contributed by atoms with Crippen molar-refractivity contribution in [1.82, 2.24) is 10.3 Å². The van der Waals surface area contributed by atoms with Crippen LogP contribution < -0.4 is 5.32 Å². The Balaban J connectivity index is 2.05. The molecule has 2 rings (SSSR count). The van der Waals surface area contributed by atoms with Crippen LogP contribution in [-0.2, 0) is 0 Å². The third kappa shape index (κ3) is 2.48. The second-order valence-electron chi connectivity index (χ2n) is 3.28. The largest absolute Gasteiger partial charge is 0.342 e. The lowest BCUT2D eigenvalue weighted by Crippen LogP contribution is -2.27. The topological polar surface area (TPSA) is 42.0 Å². The molecule has 1 N–H and O–H groups in total. The van der Waals surface area contributed by atoms with E-state index in [0.29, 0.717) is 0 Å². The minimum absolute atomic E-state index is 0.0166. The molecule has 0 radical (unpaired) electrons. The molecule has 0 saturated heterocycles. The molecule has 2 aromatic rings. The Morgan fingerprint density at radius 1 is 1.50 bits per heavy atom. The Labute approximate surface area is 102 Å². The number of carbonyl (C=O) groups is 1. The first-order chi connectivity index (χ1) is 7.81. The van der Waals surface area contributed by atoms with Crippen molar-refractivity contribution in [1.29, 1.82) is 0 Å². The van der Waals surface area contributed by atoms with Crippen molar-refractivity contribution in [2.75, 3.05) is 0 Å². The van der Waals surface area contributed by atoms with Gasteiger partial charge >= 0.3 is 0 Å². The SMILES string of the molecule is CCC(NC(=O)c1cccs1)c1nccs1. The van der Waals surface area contributed by atoms with E-state index in [-0.39, 0.29) is 11.9 Å². The minimum atomic E-state index is -0.0166. The van der Waals surface area contributed by atoms with E-state index < -0.39 is 0 Å². The second kappa shape index (κ2) is 5.23. The lowest BCUT2D eigenvalue weighted by atomic mass is 10.2. The highest BCUT2D eigenvalue weighted by Crippen LogP contribution is 2.20. The molecule has 2 heterocycles. The van der Waals surface area contributed by atoms with E-state index in [2.05, 4.69) is 10.3 Å². The number of aromatic nitrogens is 1. The van der Waals surface area contributed by atoms with E-state index >= 15 is 0 Å². The van der Waals surface area contributed by atoms with E-state index in [1.807, 2.05) is 29.8 Å². The molecule has 0 aliphatic carbocycles.